The van der Waals surface area contributed by atoms with Crippen molar-refractivity contribution in [1.29, 1.82) is 0 Å². The number of carbonyl (C=O) groups excluding carboxylic acids is 1. The molecule has 0 saturated heterocycles. The van der Waals surface area contributed by atoms with Crippen LogP contribution in [0.15, 0.2) is 97.1 Å². The Bertz CT molecular complexity index is 1390. The Labute approximate surface area is 241 Å². The van der Waals surface area contributed by atoms with E-state index in [4.69, 9.17) is 24.7 Å². The molecular weight excluding hydrogens is 516 g/mol. The van der Waals surface area contributed by atoms with Crippen molar-refractivity contribution >= 4 is 5.91 Å². The minimum atomic E-state index is -0.382. The SMILES string of the molecule is COc1cc(CC(N)=O)ccc1OCCCN(Cc1ccc2c(c1)OCO2)CC(c1ccccc1)c1ccccc1. The van der Waals surface area contributed by atoms with Gasteiger partial charge in [-0.1, -0.05) is 72.8 Å². The van der Waals surface area contributed by atoms with E-state index in [1.54, 1.807) is 13.2 Å². The zero-order chi connectivity index (χ0) is 28.4. The van der Waals surface area contributed by atoms with Gasteiger partial charge < -0.3 is 24.7 Å². The molecule has 0 radical (unpaired) electrons. The lowest BCUT2D eigenvalue weighted by atomic mass is 9.90. The molecule has 0 aromatic heterocycles. The fourth-order valence-electron chi connectivity index (χ4n) is 5.18. The van der Waals surface area contributed by atoms with Crippen LogP contribution in [0.3, 0.4) is 0 Å². The van der Waals surface area contributed by atoms with E-state index in [2.05, 4.69) is 77.7 Å². The lowest BCUT2D eigenvalue weighted by Crippen LogP contribution is -2.30. The minimum Gasteiger partial charge on any atom is -0.493 e. The number of carbonyl (C=O) groups is 1. The van der Waals surface area contributed by atoms with Crippen molar-refractivity contribution in [2.24, 2.45) is 5.73 Å². The van der Waals surface area contributed by atoms with E-state index < -0.39 is 0 Å². The summed E-state index contributed by atoms with van der Waals surface area (Å²) in [5, 5.41) is 0. The van der Waals surface area contributed by atoms with Crippen LogP contribution in [0, 0.1) is 0 Å². The maximum Gasteiger partial charge on any atom is 0.231 e. The van der Waals surface area contributed by atoms with E-state index in [0.29, 0.717) is 18.1 Å². The van der Waals surface area contributed by atoms with E-state index in [1.165, 1.54) is 16.7 Å². The molecular formula is C34H36N2O5. The van der Waals surface area contributed by atoms with Gasteiger partial charge in [-0.15, -0.1) is 0 Å². The number of benzene rings is 4. The van der Waals surface area contributed by atoms with Crippen LogP contribution in [0.25, 0.3) is 0 Å². The lowest BCUT2D eigenvalue weighted by Gasteiger charge is -2.28. The number of fused-ring (bicyclic) bond motifs is 1. The normalized spacial score (nSPS) is 12.1. The highest BCUT2D eigenvalue weighted by molar-refractivity contribution is 5.76. The minimum absolute atomic E-state index is 0.162. The second-order valence-electron chi connectivity index (χ2n) is 10.1. The third kappa shape index (κ3) is 7.58. The predicted molar refractivity (Wildman–Crippen MR) is 159 cm³/mol. The summed E-state index contributed by atoms with van der Waals surface area (Å²) in [4.78, 5) is 13.8. The number of nitrogens with zero attached hydrogens (tertiary/aromatic N) is 1. The van der Waals surface area contributed by atoms with Crippen LogP contribution in [0.1, 0.15) is 34.6 Å². The van der Waals surface area contributed by atoms with Crippen LogP contribution >= 0.6 is 0 Å². The molecule has 0 bridgehead atoms. The van der Waals surface area contributed by atoms with Gasteiger partial charge in [-0.25, -0.2) is 0 Å². The summed E-state index contributed by atoms with van der Waals surface area (Å²) in [6.45, 7) is 3.21. The Kier molecular flexibility index (Phi) is 9.39. The number of hydrogen-bond acceptors (Lipinski definition) is 6. The van der Waals surface area contributed by atoms with Gasteiger partial charge in [0.2, 0.25) is 12.7 Å². The van der Waals surface area contributed by atoms with Crippen LogP contribution in [-0.2, 0) is 17.8 Å². The van der Waals surface area contributed by atoms with Crippen molar-refractivity contribution in [1.82, 2.24) is 4.90 Å². The third-order valence-corrected chi connectivity index (χ3v) is 7.17. The van der Waals surface area contributed by atoms with Gasteiger partial charge in [-0.3, -0.25) is 9.69 Å². The fraction of sp³-hybridized carbons (Fsp3) is 0.265. The topological polar surface area (TPSA) is 83.2 Å². The van der Waals surface area contributed by atoms with Crippen LogP contribution in [0.5, 0.6) is 23.0 Å². The van der Waals surface area contributed by atoms with Crippen molar-refractivity contribution in [2.75, 3.05) is 33.6 Å². The third-order valence-electron chi connectivity index (χ3n) is 7.17. The molecule has 7 nitrogen and oxygen atoms in total. The highest BCUT2D eigenvalue weighted by Gasteiger charge is 2.20. The van der Waals surface area contributed by atoms with Crippen LogP contribution in [0.4, 0.5) is 0 Å². The first-order valence-corrected chi connectivity index (χ1v) is 13.9. The van der Waals surface area contributed by atoms with Crippen LogP contribution in [0.2, 0.25) is 0 Å². The van der Waals surface area contributed by atoms with Crippen molar-refractivity contribution in [2.45, 2.75) is 25.3 Å². The van der Waals surface area contributed by atoms with Gasteiger partial charge >= 0.3 is 0 Å². The summed E-state index contributed by atoms with van der Waals surface area (Å²) >= 11 is 0. The van der Waals surface area contributed by atoms with Crippen LogP contribution in [-0.4, -0.2) is 44.4 Å². The van der Waals surface area contributed by atoms with Gasteiger partial charge in [-0.2, -0.15) is 0 Å². The molecule has 0 atom stereocenters. The zero-order valence-electron chi connectivity index (χ0n) is 23.3. The quantitative estimate of drug-likeness (QED) is 0.207. The number of ether oxygens (including phenoxy) is 4. The first kappa shape index (κ1) is 28.1. The van der Waals surface area contributed by atoms with Crippen LogP contribution < -0.4 is 24.7 Å². The maximum atomic E-state index is 11.3. The molecule has 4 aromatic carbocycles. The monoisotopic (exact) mass is 552 g/mol. The van der Waals surface area contributed by atoms with E-state index in [-0.39, 0.29) is 25.0 Å². The molecule has 7 heteroatoms. The molecule has 0 spiro atoms. The van der Waals surface area contributed by atoms with Gasteiger partial charge in [-0.05, 0) is 52.9 Å². The van der Waals surface area contributed by atoms with Gasteiger partial charge in [0.1, 0.15) is 0 Å². The lowest BCUT2D eigenvalue weighted by molar-refractivity contribution is -0.117. The molecule has 212 valence electrons. The Balaban J connectivity index is 1.31. The Hall–Kier alpha value is -4.49. The molecule has 0 unspecified atom stereocenters. The molecule has 2 N–H and O–H groups in total. The number of methoxy groups -OCH3 is 1. The predicted octanol–water partition coefficient (Wildman–Crippen LogP) is 5.55. The first-order chi connectivity index (χ1) is 20.1. The number of rotatable bonds is 14. The standard InChI is InChI=1S/C34H36N2O5/c1-38-32-19-25(21-34(35)37)13-15-30(32)39-18-8-17-36(22-26-14-16-31-33(20-26)41-24-40-31)23-29(27-9-4-2-5-10-27)28-11-6-3-7-12-28/h2-7,9-16,19-20,29H,8,17-18,21-24H2,1H3,(H2,35,37). The number of hydrogen-bond donors (Lipinski definition) is 1. The summed E-state index contributed by atoms with van der Waals surface area (Å²) in [5.74, 6) is 2.65. The van der Waals surface area contributed by atoms with Gasteiger partial charge in [0.05, 0.1) is 20.1 Å². The second-order valence-corrected chi connectivity index (χ2v) is 10.1. The molecule has 1 aliphatic heterocycles. The maximum absolute atomic E-state index is 11.3. The molecule has 41 heavy (non-hydrogen) atoms. The van der Waals surface area contributed by atoms with Gasteiger partial charge in [0, 0.05) is 25.6 Å². The highest BCUT2D eigenvalue weighted by Crippen LogP contribution is 2.34. The number of nitrogens with two attached hydrogens (primary N) is 1. The Morgan fingerprint density at radius 1 is 0.854 bits per heavy atom. The van der Waals surface area contributed by atoms with Gasteiger partial charge in [0.15, 0.2) is 23.0 Å². The summed E-state index contributed by atoms with van der Waals surface area (Å²) in [7, 11) is 1.59. The summed E-state index contributed by atoms with van der Waals surface area (Å²) in [6, 6.07) is 33.0. The van der Waals surface area contributed by atoms with Crippen molar-refractivity contribution in [3.63, 3.8) is 0 Å². The molecule has 1 aliphatic rings. The van der Waals surface area contributed by atoms with Crippen molar-refractivity contribution < 1.29 is 23.7 Å². The molecule has 5 rings (SSSR count). The van der Waals surface area contributed by atoms with E-state index in [1.807, 2.05) is 18.2 Å². The molecule has 0 fully saturated rings. The number of primary amides is 1. The molecule has 4 aromatic rings. The summed E-state index contributed by atoms with van der Waals surface area (Å²) in [5.41, 5.74) is 9.87. The average molecular weight is 553 g/mol. The first-order valence-electron chi connectivity index (χ1n) is 13.9. The fourth-order valence-corrected chi connectivity index (χ4v) is 5.18. The highest BCUT2D eigenvalue weighted by atomic mass is 16.7. The summed E-state index contributed by atoms with van der Waals surface area (Å²) in [6.07, 6.45) is 0.975. The van der Waals surface area contributed by atoms with Crippen molar-refractivity contribution in [3.8, 4) is 23.0 Å². The molecule has 1 amide bonds. The van der Waals surface area contributed by atoms with E-state index in [0.717, 1.165) is 43.1 Å². The largest absolute Gasteiger partial charge is 0.493 e. The smallest absolute Gasteiger partial charge is 0.231 e. The average Bonchev–Trinajstić information content (AvgIpc) is 3.47. The van der Waals surface area contributed by atoms with Gasteiger partial charge in [0.25, 0.3) is 0 Å². The Morgan fingerprint density at radius 3 is 2.22 bits per heavy atom. The molecule has 1 heterocycles. The van der Waals surface area contributed by atoms with E-state index in [9.17, 15) is 4.79 Å². The Morgan fingerprint density at radius 2 is 1.54 bits per heavy atom. The molecule has 0 saturated carbocycles. The molecule has 0 aliphatic carbocycles. The number of amides is 1. The van der Waals surface area contributed by atoms with E-state index >= 15 is 0 Å². The van der Waals surface area contributed by atoms with Crippen molar-refractivity contribution in [3.05, 3.63) is 119 Å². The summed E-state index contributed by atoms with van der Waals surface area (Å²) < 4.78 is 22.8. The zero-order valence-corrected chi connectivity index (χ0v) is 23.3. The second kappa shape index (κ2) is 13.7.